The molecule has 0 bridgehead atoms. The molecule has 1 saturated carbocycles. The maximum atomic E-state index is 13.0. The molecule has 5 rings (SSSR count). The minimum atomic E-state index is 0.123. The van der Waals surface area contributed by atoms with Gasteiger partial charge in [0.15, 0.2) is 0 Å². The highest BCUT2D eigenvalue weighted by Crippen LogP contribution is 2.36. The quantitative estimate of drug-likeness (QED) is 0.886. The summed E-state index contributed by atoms with van der Waals surface area (Å²) in [4.78, 5) is 32.7. The topological polar surface area (TPSA) is 56.4 Å². The Balaban J connectivity index is 1.19. The van der Waals surface area contributed by atoms with Gasteiger partial charge in [-0.1, -0.05) is 12.1 Å². The molecule has 3 fully saturated rings. The molecule has 3 heterocycles. The number of rotatable bonds is 3. The number of amides is 2. The number of aromatic nitrogens is 1. The predicted octanol–water partition coefficient (Wildman–Crippen LogP) is 3.59. The van der Waals surface area contributed by atoms with Crippen LogP contribution in [-0.4, -0.2) is 52.8 Å². The van der Waals surface area contributed by atoms with E-state index in [1.165, 1.54) is 5.56 Å². The first-order chi connectivity index (χ1) is 13.6. The number of H-pyrrole nitrogens is 1. The molecule has 0 radical (unpaired) electrons. The summed E-state index contributed by atoms with van der Waals surface area (Å²) < 4.78 is 0. The van der Waals surface area contributed by atoms with Crippen molar-refractivity contribution in [3.05, 3.63) is 35.5 Å². The lowest BCUT2D eigenvalue weighted by atomic mass is 9.83. The van der Waals surface area contributed by atoms with E-state index < -0.39 is 0 Å². The number of nitrogens with zero attached hydrogens (tertiary/aromatic N) is 2. The molecular weight excluding hydrogens is 350 g/mol. The maximum absolute atomic E-state index is 13.0. The van der Waals surface area contributed by atoms with Gasteiger partial charge in [-0.2, -0.15) is 0 Å². The van der Waals surface area contributed by atoms with Crippen molar-refractivity contribution in [1.82, 2.24) is 14.8 Å². The standard InChI is InChI=1S/C23H29N3O2/c1-15-2-3-18-13-21(24-20(18)12-15)23(28)26-11-8-19(14-26)16-6-9-25(10-7-16)22(27)17-4-5-17/h2-3,12-13,16-17,19,24H,4-11,14H2,1H3. The maximum Gasteiger partial charge on any atom is 0.270 e. The van der Waals surface area contributed by atoms with Gasteiger partial charge in [0.2, 0.25) is 5.91 Å². The largest absolute Gasteiger partial charge is 0.351 e. The number of nitrogens with one attached hydrogen (secondary N) is 1. The van der Waals surface area contributed by atoms with Crippen molar-refractivity contribution in [3.8, 4) is 0 Å². The summed E-state index contributed by atoms with van der Waals surface area (Å²) in [6.45, 7) is 5.58. The van der Waals surface area contributed by atoms with Crippen molar-refractivity contribution >= 4 is 22.7 Å². The van der Waals surface area contributed by atoms with E-state index in [2.05, 4.69) is 35.0 Å². The lowest BCUT2D eigenvalue weighted by Crippen LogP contribution is -2.41. The van der Waals surface area contributed by atoms with Crippen molar-refractivity contribution < 1.29 is 9.59 Å². The molecule has 1 unspecified atom stereocenters. The summed E-state index contributed by atoms with van der Waals surface area (Å²) in [6.07, 6.45) is 5.46. The van der Waals surface area contributed by atoms with E-state index in [1.807, 2.05) is 11.0 Å². The average Bonchev–Trinajstić information content (AvgIpc) is 3.29. The molecule has 148 valence electrons. The Kier molecular flexibility index (Phi) is 4.41. The zero-order chi connectivity index (χ0) is 19.3. The Hall–Kier alpha value is -2.30. The molecule has 2 saturated heterocycles. The Bertz CT molecular complexity index is 906. The molecule has 1 aromatic carbocycles. The number of hydrogen-bond acceptors (Lipinski definition) is 2. The second-order valence-electron chi connectivity index (χ2n) is 9.01. The minimum Gasteiger partial charge on any atom is -0.351 e. The van der Waals surface area contributed by atoms with E-state index in [0.29, 0.717) is 29.4 Å². The van der Waals surface area contributed by atoms with Crippen LogP contribution in [-0.2, 0) is 4.79 Å². The lowest BCUT2D eigenvalue weighted by Gasteiger charge is -2.35. The second kappa shape index (κ2) is 6.94. The molecule has 1 atom stereocenters. The normalized spacial score (nSPS) is 23.5. The summed E-state index contributed by atoms with van der Waals surface area (Å²) in [5, 5.41) is 1.09. The molecule has 0 spiro atoms. The smallest absolute Gasteiger partial charge is 0.270 e. The van der Waals surface area contributed by atoms with Crippen molar-refractivity contribution in [1.29, 1.82) is 0 Å². The average molecular weight is 380 g/mol. The monoisotopic (exact) mass is 379 g/mol. The van der Waals surface area contributed by atoms with Gasteiger partial charge in [0.05, 0.1) is 0 Å². The Morgan fingerprint density at radius 1 is 0.929 bits per heavy atom. The highest BCUT2D eigenvalue weighted by molar-refractivity contribution is 5.98. The van der Waals surface area contributed by atoms with E-state index in [0.717, 1.165) is 69.2 Å². The number of carbonyl (C=O) groups is 2. The molecule has 2 aliphatic heterocycles. The summed E-state index contributed by atoms with van der Waals surface area (Å²) in [5.41, 5.74) is 2.93. The number of hydrogen-bond donors (Lipinski definition) is 1. The minimum absolute atomic E-state index is 0.123. The van der Waals surface area contributed by atoms with Gasteiger partial charge in [0.1, 0.15) is 5.69 Å². The van der Waals surface area contributed by atoms with Crippen molar-refractivity contribution in [2.75, 3.05) is 26.2 Å². The van der Waals surface area contributed by atoms with Crippen LogP contribution in [0.4, 0.5) is 0 Å². The number of aryl methyl sites for hydroxylation is 1. The zero-order valence-electron chi connectivity index (χ0n) is 16.6. The molecule has 5 nitrogen and oxygen atoms in total. The highest BCUT2D eigenvalue weighted by atomic mass is 16.2. The Morgan fingerprint density at radius 3 is 2.39 bits per heavy atom. The Morgan fingerprint density at radius 2 is 1.64 bits per heavy atom. The van der Waals surface area contributed by atoms with Crippen molar-refractivity contribution in [2.45, 2.75) is 39.0 Å². The van der Waals surface area contributed by atoms with Crippen LogP contribution in [0.25, 0.3) is 10.9 Å². The molecule has 28 heavy (non-hydrogen) atoms. The first kappa shape index (κ1) is 17.8. The number of piperidine rings is 1. The van der Waals surface area contributed by atoms with E-state index in [9.17, 15) is 9.59 Å². The molecule has 5 heteroatoms. The first-order valence-electron chi connectivity index (χ1n) is 10.8. The van der Waals surface area contributed by atoms with Crippen LogP contribution in [0.5, 0.6) is 0 Å². The van der Waals surface area contributed by atoms with Gasteiger partial charge < -0.3 is 14.8 Å². The number of likely N-dealkylation sites (tertiary alicyclic amines) is 2. The lowest BCUT2D eigenvalue weighted by molar-refractivity contribution is -0.134. The van der Waals surface area contributed by atoms with Crippen LogP contribution in [0.2, 0.25) is 0 Å². The van der Waals surface area contributed by atoms with Gasteiger partial charge in [-0.05, 0) is 68.6 Å². The fraction of sp³-hybridized carbons (Fsp3) is 0.565. The number of carbonyl (C=O) groups excluding carboxylic acids is 2. The van der Waals surface area contributed by atoms with Crippen LogP contribution in [0.3, 0.4) is 0 Å². The van der Waals surface area contributed by atoms with Crippen LogP contribution >= 0.6 is 0 Å². The van der Waals surface area contributed by atoms with Gasteiger partial charge in [0.25, 0.3) is 5.91 Å². The summed E-state index contributed by atoms with van der Waals surface area (Å²) >= 11 is 0. The molecule has 1 N–H and O–H groups in total. The van der Waals surface area contributed by atoms with E-state index in [-0.39, 0.29) is 5.91 Å². The molecule has 3 aliphatic rings. The highest BCUT2D eigenvalue weighted by Gasteiger charge is 2.38. The van der Waals surface area contributed by atoms with Crippen LogP contribution in [0.15, 0.2) is 24.3 Å². The van der Waals surface area contributed by atoms with Gasteiger partial charge in [-0.25, -0.2) is 0 Å². The predicted molar refractivity (Wildman–Crippen MR) is 109 cm³/mol. The third-order valence-corrected chi connectivity index (χ3v) is 6.96. The van der Waals surface area contributed by atoms with Gasteiger partial charge in [0, 0.05) is 43.0 Å². The second-order valence-corrected chi connectivity index (χ2v) is 9.01. The van der Waals surface area contributed by atoms with Crippen LogP contribution in [0.1, 0.15) is 48.2 Å². The van der Waals surface area contributed by atoms with E-state index >= 15 is 0 Å². The van der Waals surface area contributed by atoms with Crippen molar-refractivity contribution in [2.24, 2.45) is 17.8 Å². The van der Waals surface area contributed by atoms with E-state index in [4.69, 9.17) is 0 Å². The summed E-state index contributed by atoms with van der Waals surface area (Å²) in [6, 6.07) is 8.22. The summed E-state index contributed by atoms with van der Waals surface area (Å²) in [5.74, 6) is 2.06. The van der Waals surface area contributed by atoms with Crippen LogP contribution < -0.4 is 0 Å². The van der Waals surface area contributed by atoms with Gasteiger partial charge >= 0.3 is 0 Å². The molecule has 2 aromatic rings. The molecule has 1 aliphatic carbocycles. The first-order valence-corrected chi connectivity index (χ1v) is 10.8. The number of fused-ring (bicyclic) bond motifs is 1. The van der Waals surface area contributed by atoms with Gasteiger partial charge in [-0.3, -0.25) is 9.59 Å². The molecule has 2 amide bonds. The summed E-state index contributed by atoms with van der Waals surface area (Å²) in [7, 11) is 0. The number of aromatic amines is 1. The third-order valence-electron chi connectivity index (χ3n) is 6.96. The SMILES string of the molecule is Cc1ccc2cc(C(=O)N3CCC(C4CCN(C(=O)C5CC5)CC4)C3)[nH]c2c1. The third kappa shape index (κ3) is 3.31. The van der Waals surface area contributed by atoms with E-state index in [1.54, 1.807) is 0 Å². The van der Waals surface area contributed by atoms with Crippen LogP contribution in [0, 0.1) is 24.7 Å². The van der Waals surface area contributed by atoms with Crippen molar-refractivity contribution in [3.63, 3.8) is 0 Å². The van der Waals surface area contributed by atoms with Gasteiger partial charge in [-0.15, -0.1) is 0 Å². The fourth-order valence-electron chi connectivity index (χ4n) is 5.06. The Labute approximate surface area is 166 Å². The fourth-order valence-corrected chi connectivity index (χ4v) is 5.06. The molecular formula is C23H29N3O2. The molecule has 1 aromatic heterocycles. The number of benzene rings is 1. The zero-order valence-corrected chi connectivity index (χ0v) is 16.6.